The first kappa shape index (κ1) is 19.2. The molecular formula is C8H10NNaO8. The summed E-state index contributed by atoms with van der Waals surface area (Å²) < 4.78 is 4.10. The van der Waals surface area contributed by atoms with Gasteiger partial charge in [0.15, 0.2) is 0 Å². The summed E-state index contributed by atoms with van der Waals surface area (Å²) in [6, 6.07) is -1.41. The van der Waals surface area contributed by atoms with Gasteiger partial charge in [-0.15, -0.1) is 0 Å². The first-order valence-electron chi connectivity index (χ1n) is 4.37. The Labute approximate surface area is 123 Å². The van der Waals surface area contributed by atoms with E-state index in [4.69, 9.17) is 15.9 Å². The second kappa shape index (κ2) is 8.86. The summed E-state index contributed by atoms with van der Waals surface area (Å²) in [5.41, 5.74) is 5.01. The maximum atomic E-state index is 11.0. The molecule has 0 aliphatic heterocycles. The molecule has 0 rings (SSSR count). The first-order valence-corrected chi connectivity index (χ1v) is 4.37. The molecule has 1 atom stereocenters. The van der Waals surface area contributed by atoms with Crippen LogP contribution in [0, 0.1) is 0 Å². The van der Waals surface area contributed by atoms with Crippen LogP contribution in [0.1, 0.15) is 12.8 Å². The number of rotatable bonds is 7. The second-order valence-electron chi connectivity index (χ2n) is 3.01. The molecular weight excluding hydrogens is 261 g/mol. The molecule has 0 aromatic carbocycles. The summed E-state index contributed by atoms with van der Waals surface area (Å²) in [5.74, 6) is -6.42. The number of carboxylic acids is 3. The molecule has 4 N–H and O–H groups in total. The van der Waals surface area contributed by atoms with Crippen LogP contribution in [0.15, 0.2) is 0 Å². The number of aliphatic carboxylic acids is 3. The molecule has 0 aromatic rings. The molecule has 0 fully saturated rings. The van der Waals surface area contributed by atoms with E-state index in [1.807, 2.05) is 0 Å². The van der Waals surface area contributed by atoms with Gasteiger partial charge in [0.2, 0.25) is 0 Å². The molecule has 9 nitrogen and oxygen atoms in total. The van der Waals surface area contributed by atoms with Crippen LogP contribution in [0.2, 0.25) is 0 Å². The van der Waals surface area contributed by atoms with Crippen LogP contribution in [0.4, 0.5) is 0 Å². The van der Waals surface area contributed by atoms with E-state index in [1.54, 1.807) is 0 Å². The summed E-state index contributed by atoms with van der Waals surface area (Å²) in [4.78, 5) is 41.8. The van der Waals surface area contributed by atoms with E-state index < -0.39 is 42.4 Å². The van der Waals surface area contributed by atoms with Crippen LogP contribution < -0.4 is 40.4 Å². The minimum atomic E-state index is -2.32. The van der Waals surface area contributed by atoms with E-state index in [0.717, 1.165) is 0 Å². The summed E-state index contributed by atoms with van der Waals surface area (Å²) in [6.45, 7) is 0. The van der Waals surface area contributed by atoms with Crippen molar-refractivity contribution in [1.29, 1.82) is 0 Å². The second-order valence-corrected chi connectivity index (χ2v) is 3.01. The van der Waals surface area contributed by atoms with Crippen LogP contribution in [-0.2, 0) is 23.9 Å². The molecule has 0 unspecified atom stereocenters. The number of ether oxygens (including phenoxy) is 1. The van der Waals surface area contributed by atoms with Crippen LogP contribution in [-0.4, -0.2) is 46.2 Å². The standard InChI is InChI=1S/C8H11NO8.Na/c9-3(6(11)12)1-2-4(10)17-5(7(13)14)8(15)16;/h3,5H,1-2,9H2,(H,11,12)(H,13,14)(H,15,16);/q;+1/p-1/t3-;/m0./s1. The summed E-state index contributed by atoms with van der Waals surface area (Å²) in [5, 5.41) is 26.9. The largest absolute Gasteiger partial charge is 1.00 e. The molecule has 18 heavy (non-hydrogen) atoms. The number of hydrogen-bond acceptors (Lipinski definition) is 7. The Balaban J connectivity index is 0. The van der Waals surface area contributed by atoms with Gasteiger partial charge < -0.3 is 30.6 Å². The van der Waals surface area contributed by atoms with Gasteiger partial charge in [-0.1, -0.05) is 0 Å². The van der Waals surface area contributed by atoms with Crippen molar-refractivity contribution in [2.75, 3.05) is 0 Å². The number of carbonyl (C=O) groups is 4. The summed E-state index contributed by atoms with van der Waals surface area (Å²) in [6.07, 6.45) is -3.18. The fourth-order valence-corrected chi connectivity index (χ4v) is 0.788. The average molecular weight is 271 g/mol. The molecule has 96 valence electrons. The number of nitrogens with two attached hydrogens (primary N) is 1. The Hall–Kier alpha value is -1.16. The van der Waals surface area contributed by atoms with Gasteiger partial charge in [-0.25, -0.2) is 9.59 Å². The minimum Gasteiger partial charge on any atom is -0.548 e. The number of esters is 1. The van der Waals surface area contributed by atoms with E-state index in [0.29, 0.717) is 0 Å². The predicted molar refractivity (Wildman–Crippen MR) is 47.4 cm³/mol. The van der Waals surface area contributed by atoms with Crippen molar-refractivity contribution in [3.63, 3.8) is 0 Å². The average Bonchev–Trinajstić information content (AvgIpc) is 2.21. The molecule has 0 aliphatic rings. The van der Waals surface area contributed by atoms with Gasteiger partial charge in [-0.3, -0.25) is 4.79 Å². The van der Waals surface area contributed by atoms with Gasteiger partial charge in [0.25, 0.3) is 6.10 Å². The van der Waals surface area contributed by atoms with Crippen molar-refractivity contribution in [1.82, 2.24) is 0 Å². The van der Waals surface area contributed by atoms with Crippen molar-refractivity contribution in [2.45, 2.75) is 25.0 Å². The normalized spacial score (nSPS) is 11.2. The molecule has 10 heteroatoms. The Morgan fingerprint density at radius 1 is 1.17 bits per heavy atom. The smallest absolute Gasteiger partial charge is 0.548 e. The van der Waals surface area contributed by atoms with E-state index in [9.17, 15) is 24.3 Å². The van der Waals surface area contributed by atoms with Crippen LogP contribution in [0.5, 0.6) is 0 Å². The Bertz CT molecular complexity index is 330. The summed E-state index contributed by atoms with van der Waals surface area (Å²) in [7, 11) is 0. The van der Waals surface area contributed by atoms with Gasteiger partial charge >= 0.3 is 47.5 Å². The van der Waals surface area contributed by atoms with E-state index in [1.165, 1.54) is 0 Å². The number of carbonyl (C=O) groups excluding carboxylic acids is 2. The molecule has 0 saturated carbocycles. The van der Waals surface area contributed by atoms with Crippen molar-refractivity contribution in [3.8, 4) is 0 Å². The van der Waals surface area contributed by atoms with Gasteiger partial charge in [0.1, 0.15) is 0 Å². The third-order valence-corrected chi connectivity index (χ3v) is 1.66. The Morgan fingerprint density at radius 3 is 1.94 bits per heavy atom. The zero-order chi connectivity index (χ0) is 13.6. The van der Waals surface area contributed by atoms with Crippen molar-refractivity contribution in [3.05, 3.63) is 0 Å². The van der Waals surface area contributed by atoms with Crippen LogP contribution in [0.25, 0.3) is 0 Å². The predicted octanol–water partition coefficient (Wildman–Crippen LogP) is -6.07. The maximum Gasteiger partial charge on any atom is 1.00 e. The zero-order valence-corrected chi connectivity index (χ0v) is 11.5. The minimum absolute atomic E-state index is 0. The summed E-state index contributed by atoms with van der Waals surface area (Å²) >= 11 is 0. The van der Waals surface area contributed by atoms with Gasteiger partial charge in [0.05, 0.1) is 5.97 Å². The number of hydrogen-bond donors (Lipinski definition) is 3. The van der Waals surface area contributed by atoms with Crippen LogP contribution in [0.3, 0.4) is 0 Å². The van der Waals surface area contributed by atoms with Gasteiger partial charge in [0, 0.05) is 12.5 Å². The van der Waals surface area contributed by atoms with E-state index >= 15 is 0 Å². The number of carboxylic acid groups (broad SMARTS) is 3. The van der Waals surface area contributed by atoms with E-state index in [-0.39, 0.29) is 36.0 Å². The Kier molecular flexibility index (Phi) is 9.45. The fourth-order valence-electron chi connectivity index (χ4n) is 0.788. The molecule has 0 spiro atoms. The third kappa shape index (κ3) is 7.22. The molecule has 0 heterocycles. The van der Waals surface area contributed by atoms with Crippen molar-refractivity contribution in [2.24, 2.45) is 5.73 Å². The molecule has 0 amide bonds. The fraction of sp³-hybridized carbons (Fsp3) is 0.500. The third-order valence-electron chi connectivity index (χ3n) is 1.66. The van der Waals surface area contributed by atoms with Crippen molar-refractivity contribution >= 4 is 23.9 Å². The van der Waals surface area contributed by atoms with Crippen molar-refractivity contribution < 1.29 is 68.8 Å². The van der Waals surface area contributed by atoms with Gasteiger partial charge in [-0.2, -0.15) is 0 Å². The SMILES string of the molecule is N[C@@H](CCC(=O)OC(C(=O)O)C(=O)O)C(=O)[O-].[Na+]. The molecule has 0 aliphatic carbocycles. The Morgan fingerprint density at radius 2 is 1.61 bits per heavy atom. The monoisotopic (exact) mass is 271 g/mol. The molecule has 0 saturated heterocycles. The van der Waals surface area contributed by atoms with Crippen LogP contribution >= 0.6 is 0 Å². The quantitative estimate of drug-likeness (QED) is 0.232. The molecule has 0 aromatic heterocycles. The maximum absolute atomic E-state index is 11.0. The molecule has 0 radical (unpaired) electrons. The van der Waals surface area contributed by atoms with Gasteiger partial charge in [-0.05, 0) is 6.42 Å². The first-order chi connectivity index (χ1) is 7.75. The molecule has 0 bridgehead atoms. The van der Waals surface area contributed by atoms with E-state index in [2.05, 4.69) is 4.74 Å². The topological polar surface area (TPSA) is 167 Å². The zero-order valence-electron chi connectivity index (χ0n) is 9.49.